The number of fused-ring (bicyclic) bond motifs is 1. The van der Waals surface area contributed by atoms with E-state index in [9.17, 15) is 19.5 Å². The highest BCUT2D eigenvalue weighted by Crippen LogP contribution is 2.51. The molecular weight excluding hydrogens is 485 g/mol. The predicted octanol–water partition coefficient (Wildman–Crippen LogP) is 6.61. The molecule has 3 aromatic rings. The van der Waals surface area contributed by atoms with Gasteiger partial charge in [-0.05, 0) is 59.4 Å². The van der Waals surface area contributed by atoms with Gasteiger partial charge < -0.3 is 10.0 Å². The molecule has 1 aliphatic heterocycles. The lowest BCUT2D eigenvalue weighted by Gasteiger charge is -2.49. The lowest BCUT2D eigenvalue weighted by atomic mass is 9.70. The second kappa shape index (κ2) is 9.14. The van der Waals surface area contributed by atoms with Crippen LogP contribution in [0.5, 0.6) is 0 Å². The molecule has 1 spiro atoms. The molecule has 1 fully saturated rings. The number of aldehydes is 1. The minimum atomic E-state index is -0.958. The fourth-order valence-corrected chi connectivity index (χ4v) is 6.10. The predicted molar refractivity (Wildman–Crippen MR) is 135 cm³/mol. The Kier molecular flexibility index (Phi) is 6.16. The molecule has 1 amide bonds. The summed E-state index contributed by atoms with van der Waals surface area (Å²) in [4.78, 5) is 40.1. The Morgan fingerprint density at radius 3 is 2.43 bits per heavy atom. The molecule has 5 nitrogen and oxygen atoms in total. The first-order chi connectivity index (χ1) is 16.9. The Hall–Kier alpha value is -3.15. The van der Waals surface area contributed by atoms with Gasteiger partial charge in [0.2, 0.25) is 0 Å². The number of carboxylic acid groups (broad SMARTS) is 1. The van der Waals surface area contributed by atoms with Gasteiger partial charge in [-0.2, -0.15) is 0 Å². The summed E-state index contributed by atoms with van der Waals surface area (Å²) in [6, 6.07) is 17.6. The van der Waals surface area contributed by atoms with E-state index in [1.807, 2.05) is 18.2 Å². The van der Waals surface area contributed by atoms with Crippen molar-refractivity contribution in [2.45, 2.75) is 43.7 Å². The lowest BCUT2D eigenvalue weighted by Crippen LogP contribution is -2.58. The Morgan fingerprint density at radius 1 is 1.00 bits per heavy atom. The maximum absolute atomic E-state index is 13.9. The van der Waals surface area contributed by atoms with Gasteiger partial charge in [-0.15, -0.1) is 0 Å². The van der Waals surface area contributed by atoms with Crippen LogP contribution in [0.15, 0.2) is 60.7 Å². The van der Waals surface area contributed by atoms with Gasteiger partial charge in [-0.3, -0.25) is 14.4 Å². The van der Waals surface area contributed by atoms with Crippen LogP contribution in [0.25, 0.3) is 11.1 Å². The minimum Gasteiger partial charge on any atom is -0.481 e. The average Bonchev–Trinajstić information content (AvgIpc) is 3.33. The number of amides is 1. The summed E-state index contributed by atoms with van der Waals surface area (Å²) in [5.41, 5.74) is 2.78. The highest BCUT2D eigenvalue weighted by atomic mass is 35.5. The van der Waals surface area contributed by atoms with Crippen molar-refractivity contribution in [1.29, 1.82) is 0 Å². The zero-order valence-electron chi connectivity index (χ0n) is 18.8. The van der Waals surface area contributed by atoms with Crippen LogP contribution in [0, 0.1) is 0 Å². The molecule has 1 N–H and O–H groups in total. The number of hydrogen-bond acceptors (Lipinski definition) is 3. The van der Waals surface area contributed by atoms with Gasteiger partial charge in [0, 0.05) is 17.7 Å². The maximum atomic E-state index is 13.9. The molecule has 1 saturated carbocycles. The zero-order chi connectivity index (χ0) is 24.7. The second-order valence-electron chi connectivity index (χ2n) is 9.23. The van der Waals surface area contributed by atoms with E-state index in [1.54, 1.807) is 47.4 Å². The van der Waals surface area contributed by atoms with E-state index in [0.717, 1.165) is 30.3 Å². The molecular formula is C28H23Cl2NO4. The first kappa shape index (κ1) is 23.6. The fourth-order valence-electron chi connectivity index (χ4n) is 5.78. The summed E-state index contributed by atoms with van der Waals surface area (Å²) < 4.78 is 0. The molecule has 1 heterocycles. The van der Waals surface area contributed by atoms with E-state index in [0.29, 0.717) is 45.1 Å². The van der Waals surface area contributed by atoms with E-state index in [2.05, 4.69) is 0 Å². The number of carbonyl (C=O) groups excluding carboxylic acids is 2. The summed E-state index contributed by atoms with van der Waals surface area (Å²) in [6.45, 7) is 0.245. The molecule has 1 atom stereocenters. The Balaban J connectivity index is 1.66. The summed E-state index contributed by atoms with van der Waals surface area (Å²) in [5.74, 6) is -2.04. The van der Waals surface area contributed by atoms with Crippen LogP contribution in [0.3, 0.4) is 0 Å². The number of carboxylic acids is 1. The first-order valence-electron chi connectivity index (χ1n) is 11.5. The van der Waals surface area contributed by atoms with Crippen LogP contribution >= 0.6 is 23.2 Å². The molecule has 0 radical (unpaired) electrons. The van der Waals surface area contributed by atoms with Crippen molar-refractivity contribution >= 4 is 41.4 Å². The third-order valence-electron chi connectivity index (χ3n) is 7.35. The molecule has 0 saturated heterocycles. The van der Waals surface area contributed by atoms with E-state index >= 15 is 0 Å². The van der Waals surface area contributed by atoms with Crippen LogP contribution < -0.4 is 0 Å². The molecule has 3 aromatic carbocycles. The molecule has 5 rings (SSSR count). The van der Waals surface area contributed by atoms with Gasteiger partial charge in [0.1, 0.15) is 5.92 Å². The van der Waals surface area contributed by atoms with Crippen molar-refractivity contribution in [3.8, 4) is 11.1 Å². The lowest BCUT2D eigenvalue weighted by molar-refractivity contribution is -0.143. The van der Waals surface area contributed by atoms with Gasteiger partial charge in [-0.25, -0.2) is 0 Å². The highest BCUT2D eigenvalue weighted by molar-refractivity contribution is 6.42. The van der Waals surface area contributed by atoms with Crippen LogP contribution in [0.2, 0.25) is 10.0 Å². The number of carbonyl (C=O) groups is 3. The monoisotopic (exact) mass is 507 g/mol. The molecule has 7 heteroatoms. The topological polar surface area (TPSA) is 74.7 Å². The van der Waals surface area contributed by atoms with E-state index in [4.69, 9.17) is 23.2 Å². The Labute approximate surface area is 213 Å². The van der Waals surface area contributed by atoms with Crippen molar-refractivity contribution in [2.24, 2.45) is 0 Å². The summed E-state index contributed by atoms with van der Waals surface area (Å²) in [7, 11) is 0. The van der Waals surface area contributed by atoms with Crippen LogP contribution in [-0.4, -0.2) is 33.7 Å². The van der Waals surface area contributed by atoms with Crippen molar-refractivity contribution in [2.75, 3.05) is 0 Å². The van der Waals surface area contributed by atoms with Gasteiger partial charge in [-0.1, -0.05) is 72.4 Å². The maximum Gasteiger partial charge on any atom is 0.313 e. The van der Waals surface area contributed by atoms with Crippen molar-refractivity contribution in [1.82, 2.24) is 4.90 Å². The number of benzene rings is 3. The van der Waals surface area contributed by atoms with Gasteiger partial charge in [0.15, 0.2) is 6.29 Å². The SMILES string of the molecule is O=Cc1ccccc1-c1ccc2c(c1)C(C(=O)O)C1(CCCC1)N(Cc1ccc(Cl)c(Cl)c1)C2=O. The quantitative estimate of drug-likeness (QED) is 0.394. The van der Waals surface area contributed by atoms with Gasteiger partial charge in [0.25, 0.3) is 5.91 Å². The normalized spacial score (nSPS) is 18.5. The molecule has 35 heavy (non-hydrogen) atoms. The Bertz CT molecular complexity index is 1350. The van der Waals surface area contributed by atoms with Crippen LogP contribution in [-0.2, 0) is 11.3 Å². The van der Waals surface area contributed by atoms with Crippen LogP contribution in [0.4, 0.5) is 0 Å². The smallest absolute Gasteiger partial charge is 0.313 e. The minimum absolute atomic E-state index is 0.194. The van der Waals surface area contributed by atoms with E-state index in [1.165, 1.54) is 0 Å². The van der Waals surface area contributed by atoms with Crippen LogP contribution in [0.1, 0.15) is 63.4 Å². The molecule has 178 valence electrons. The largest absolute Gasteiger partial charge is 0.481 e. The third kappa shape index (κ3) is 3.93. The number of hydrogen-bond donors (Lipinski definition) is 1. The van der Waals surface area contributed by atoms with Crippen molar-refractivity contribution < 1.29 is 19.5 Å². The summed E-state index contributed by atoms with van der Waals surface area (Å²) in [5, 5.41) is 11.3. The standard InChI is InChI=1S/C28H23Cl2NO4/c29-23-10-7-17(13-24(23)30)15-31-26(33)21-9-8-18(20-6-2-1-5-19(20)16-32)14-22(21)25(27(34)35)28(31)11-3-4-12-28/h1-2,5-10,13-14,16,25H,3-4,11-12,15H2,(H,34,35). The summed E-state index contributed by atoms with van der Waals surface area (Å²) in [6.07, 6.45) is 3.68. The fraction of sp³-hybridized carbons (Fsp3) is 0.250. The highest BCUT2D eigenvalue weighted by Gasteiger charge is 2.55. The molecule has 2 aliphatic rings. The number of aliphatic carboxylic acids is 1. The molecule has 1 unspecified atom stereocenters. The average molecular weight is 508 g/mol. The number of halogens is 2. The first-order valence-corrected chi connectivity index (χ1v) is 12.3. The molecule has 0 bridgehead atoms. The van der Waals surface area contributed by atoms with Gasteiger partial charge in [0.05, 0.1) is 15.6 Å². The zero-order valence-corrected chi connectivity index (χ0v) is 20.4. The van der Waals surface area contributed by atoms with E-state index < -0.39 is 17.4 Å². The number of rotatable bonds is 5. The third-order valence-corrected chi connectivity index (χ3v) is 8.09. The Morgan fingerprint density at radius 2 is 1.74 bits per heavy atom. The second-order valence-corrected chi connectivity index (χ2v) is 10.0. The van der Waals surface area contributed by atoms with Crippen molar-refractivity contribution in [3.63, 3.8) is 0 Å². The number of nitrogens with zero attached hydrogens (tertiary/aromatic N) is 1. The van der Waals surface area contributed by atoms with E-state index in [-0.39, 0.29) is 12.5 Å². The molecule has 0 aromatic heterocycles. The van der Waals surface area contributed by atoms with Crippen molar-refractivity contribution in [3.05, 3.63) is 93.0 Å². The molecule has 1 aliphatic carbocycles. The summed E-state index contributed by atoms with van der Waals surface area (Å²) >= 11 is 12.3. The van der Waals surface area contributed by atoms with Gasteiger partial charge >= 0.3 is 5.97 Å².